The van der Waals surface area contributed by atoms with Crippen LogP contribution in [-0.2, 0) is 4.79 Å². The van der Waals surface area contributed by atoms with E-state index in [1.165, 1.54) is 6.92 Å². The van der Waals surface area contributed by atoms with Crippen molar-refractivity contribution in [1.29, 1.82) is 0 Å². The molecule has 0 radical (unpaired) electrons. The number of carbonyl (C=O) groups excluding carboxylic acids is 2. The Morgan fingerprint density at radius 2 is 1.87 bits per heavy atom. The Morgan fingerprint density at radius 3 is 2.52 bits per heavy atom. The van der Waals surface area contributed by atoms with Crippen LogP contribution in [0.15, 0.2) is 36.5 Å². The van der Waals surface area contributed by atoms with Crippen LogP contribution in [0.4, 0.5) is 17.1 Å². The minimum absolute atomic E-state index is 0.204. The average Bonchev–Trinajstić information content (AvgIpc) is 2.50. The molecule has 120 valence electrons. The zero-order valence-electron chi connectivity index (χ0n) is 13.1. The van der Waals surface area contributed by atoms with Crippen LogP contribution in [0.3, 0.4) is 0 Å². The van der Waals surface area contributed by atoms with E-state index in [2.05, 4.69) is 15.6 Å². The van der Waals surface area contributed by atoms with Crippen LogP contribution in [-0.4, -0.2) is 30.9 Å². The van der Waals surface area contributed by atoms with Crippen molar-refractivity contribution in [2.45, 2.75) is 6.92 Å². The van der Waals surface area contributed by atoms with Crippen LogP contribution in [0.1, 0.15) is 17.4 Å². The third kappa shape index (κ3) is 4.43. The van der Waals surface area contributed by atoms with Gasteiger partial charge in [0.2, 0.25) is 5.91 Å². The number of aromatic nitrogens is 1. The lowest BCUT2D eigenvalue weighted by Gasteiger charge is -2.13. The van der Waals surface area contributed by atoms with E-state index in [1.807, 2.05) is 19.0 Å². The molecule has 0 saturated heterocycles. The maximum Gasteiger partial charge on any atom is 0.274 e. The topological polar surface area (TPSA) is 74.3 Å². The molecule has 2 N–H and O–H groups in total. The van der Waals surface area contributed by atoms with E-state index in [0.29, 0.717) is 16.4 Å². The molecule has 1 heterocycles. The zero-order valence-corrected chi connectivity index (χ0v) is 13.8. The van der Waals surface area contributed by atoms with Crippen molar-refractivity contribution in [3.8, 4) is 0 Å². The molecular weight excluding hydrogens is 316 g/mol. The third-order valence-electron chi connectivity index (χ3n) is 3.03. The van der Waals surface area contributed by atoms with Crippen LogP contribution in [0, 0.1) is 0 Å². The van der Waals surface area contributed by atoms with Crippen LogP contribution >= 0.6 is 11.6 Å². The van der Waals surface area contributed by atoms with Gasteiger partial charge in [-0.1, -0.05) is 11.6 Å². The predicted octanol–water partition coefficient (Wildman–Crippen LogP) is 3.01. The fourth-order valence-corrected chi connectivity index (χ4v) is 2.07. The van der Waals surface area contributed by atoms with E-state index < -0.39 is 0 Å². The molecule has 0 spiro atoms. The smallest absolute Gasteiger partial charge is 0.274 e. The number of halogens is 1. The van der Waals surface area contributed by atoms with Crippen molar-refractivity contribution in [2.24, 2.45) is 0 Å². The van der Waals surface area contributed by atoms with Crippen LogP contribution < -0.4 is 15.5 Å². The summed E-state index contributed by atoms with van der Waals surface area (Å²) in [5.74, 6) is -0.583. The third-order valence-corrected chi connectivity index (χ3v) is 3.36. The molecule has 1 aromatic heterocycles. The van der Waals surface area contributed by atoms with Gasteiger partial charge in [-0.25, -0.2) is 0 Å². The lowest BCUT2D eigenvalue weighted by molar-refractivity contribution is -0.114. The first-order valence-corrected chi connectivity index (χ1v) is 7.26. The van der Waals surface area contributed by atoms with Crippen molar-refractivity contribution >= 4 is 40.5 Å². The Hall–Kier alpha value is -2.60. The molecule has 0 fully saturated rings. The van der Waals surface area contributed by atoms with Gasteiger partial charge in [-0.05, 0) is 30.3 Å². The van der Waals surface area contributed by atoms with E-state index in [-0.39, 0.29) is 17.5 Å². The number of anilines is 3. The summed E-state index contributed by atoms with van der Waals surface area (Å²) >= 11 is 6.09. The van der Waals surface area contributed by atoms with E-state index in [0.717, 1.165) is 5.69 Å². The molecule has 0 unspecified atom stereocenters. The number of hydrogen-bond acceptors (Lipinski definition) is 4. The van der Waals surface area contributed by atoms with Gasteiger partial charge >= 0.3 is 0 Å². The molecule has 1 aromatic carbocycles. The SMILES string of the molecule is CC(=O)Nc1ccc(Cl)c(NC(=O)c2cc(N(C)C)ccn2)c1. The number of amides is 2. The summed E-state index contributed by atoms with van der Waals surface area (Å²) in [6.45, 7) is 1.41. The highest BCUT2D eigenvalue weighted by Gasteiger charge is 2.12. The summed E-state index contributed by atoms with van der Waals surface area (Å²) in [4.78, 5) is 29.4. The van der Waals surface area contributed by atoms with Crippen LogP contribution in [0.5, 0.6) is 0 Å². The van der Waals surface area contributed by atoms with E-state index >= 15 is 0 Å². The summed E-state index contributed by atoms with van der Waals surface area (Å²) < 4.78 is 0. The summed E-state index contributed by atoms with van der Waals surface area (Å²) in [5, 5.41) is 5.71. The number of benzene rings is 1. The summed E-state index contributed by atoms with van der Waals surface area (Å²) in [7, 11) is 3.76. The fourth-order valence-electron chi connectivity index (χ4n) is 1.91. The highest BCUT2D eigenvalue weighted by atomic mass is 35.5. The second-order valence-corrected chi connectivity index (χ2v) is 5.53. The van der Waals surface area contributed by atoms with Crippen LogP contribution in [0.25, 0.3) is 0 Å². The van der Waals surface area contributed by atoms with Gasteiger partial charge in [0, 0.05) is 38.6 Å². The van der Waals surface area contributed by atoms with Gasteiger partial charge in [0.25, 0.3) is 5.91 Å². The molecule has 0 saturated carbocycles. The Kier molecular flexibility index (Phi) is 5.18. The quantitative estimate of drug-likeness (QED) is 0.902. The number of carbonyl (C=O) groups is 2. The number of nitrogens with zero attached hydrogens (tertiary/aromatic N) is 2. The summed E-state index contributed by atoms with van der Waals surface area (Å²) in [6, 6.07) is 8.34. The monoisotopic (exact) mass is 332 g/mol. The van der Waals surface area contributed by atoms with E-state index in [9.17, 15) is 9.59 Å². The summed E-state index contributed by atoms with van der Waals surface area (Å²) in [6.07, 6.45) is 1.57. The number of hydrogen-bond donors (Lipinski definition) is 2. The molecule has 0 bridgehead atoms. The van der Waals surface area contributed by atoms with Crippen LogP contribution in [0.2, 0.25) is 5.02 Å². The van der Waals surface area contributed by atoms with Gasteiger partial charge in [-0.3, -0.25) is 14.6 Å². The Bertz CT molecular complexity index is 747. The number of nitrogens with one attached hydrogen (secondary N) is 2. The first-order chi connectivity index (χ1) is 10.9. The molecule has 7 heteroatoms. The molecule has 6 nitrogen and oxygen atoms in total. The lowest BCUT2D eigenvalue weighted by atomic mass is 10.2. The zero-order chi connectivity index (χ0) is 17.0. The first-order valence-electron chi connectivity index (χ1n) is 6.88. The van der Waals surface area contributed by atoms with Crippen molar-refractivity contribution in [3.63, 3.8) is 0 Å². The molecular formula is C16H17ClN4O2. The second-order valence-electron chi connectivity index (χ2n) is 5.12. The molecule has 0 aliphatic carbocycles. The average molecular weight is 333 g/mol. The maximum atomic E-state index is 12.3. The number of rotatable bonds is 4. The standard InChI is InChI=1S/C16H17ClN4O2/c1-10(22)19-11-4-5-13(17)14(8-11)20-16(23)15-9-12(21(2)3)6-7-18-15/h4-9H,1-3H3,(H,19,22)(H,20,23). The van der Waals surface area contributed by atoms with Gasteiger partial charge in [0.1, 0.15) is 5.69 Å². The van der Waals surface area contributed by atoms with Crippen molar-refractivity contribution in [1.82, 2.24) is 4.98 Å². The van der Waals surface area contributed by atoms with Gasteiger partial charge in [0.15, 0.2) is 0 Å². The molecule has 2 amide bonds. The first kappa shape index (κ1) is 16.8. The minimum atomic E-state index is -0.379. The van der Waals surface area contributed by atoms with E-state index in [4.69, 9.17) is 11.6 Å². The van der Waals surface area contributed by atoms with E-state index in [1.54, 1.807) is 36.5 Å². The molecule has 0 aliphatic heterocycles. The number of pyridine rings is 1. The normalized spacial score (nSPS) is 10.1. The molecule has 2 rings (SSSR count). The van der Waals surface area contributed by atoms with Gasteiger partial charge < -0.3 is 15.5 Å². The van der Waals surface area contributed by atoms with Crippen molar-refractivity contribution < 1.29 is 9.59 Å². The van der Waals surface area contributed by atoms with Gasteiger partial charge in [0.05, 0.1) is 10.7 Å². The largest absolute Gasteiger partial charge is 0.378 e. The molecule has 0 aliphatic rings. The Labute approximate surface area is 139 Å². The predicted molar refractivity (Wildman–Crippen MR) is 92.3 cm³/mol. The molecule has 2 aromatic rings. The van der Waals surface area contributed by atoms with Gasteiger partial charge in [-0.2, -0.15) is 0 Å². The maximum absolute atomic E-state index is 12.3. The highest BCUT2D eigenvalue weighted by Crippen LogP contribution is 2.26. The lowest BCUT2D eigenvalue weighted by Crippen LogP contribution is -2.16. The fraction of sp³-hybridized carbons (Fsp3) is 0.188. The van der Waals surface area contributed by atoms with Gasteiger partial charge in [-0.15, -0.1) is 0 Å². The second kappa shape index (κ2) is 7.11. The Balaban J connectivity index is 2.22. The Morgan fingerprint density at radius 1 is 1.13 bits per heavy atom. The summed E-state index contributed by atoms with van der Waals surface area (Å²) in [5.41, 5.74) is 2.09. The van der Waals surface area contributed by atoms with Crippen molar-refractivity contribution in [2.75, 3.05) is 29.6 Å². The highest BCUT2D eigenvalue weighted by molar-refractivity contribution is 6.34. The van der Waals surface area contributed by atoms with Crippen molar-refractivity contribution in [3.05, 3.63) is 47.2 Å². The minimum Gasteiger partial charge on any atom is -0.378 e. The molecule has 0 atom stereocenters. The molecule has 23 heavy (non-hydrogen) atoms.